The Balaban J connectivity index is 2.62. The first-order valence-corrected chi connectivity index (χ1v) is 9.55. The third kappa shape index (κ3) is 6.69. The highest BCUT2D eigenvalue weighted by atomic mass is 16.5. The fourth-order valence-corrected chi connectivity index (χ4v) is 3.16. The van der Waals surface area contributed by atoms with Gasteiger partial charge in [-0.05, 0) is 63.5 Å². The molecule has 0 aliphatic carbocycles. The summed E-state index contributed by atoms with van der Waals surface area (Å²) in [4.78, 5) is 12.3. The first-order valence-electron chi connectivity index (χ1n) is 9.55. The van der Waals surface area contributed by atoms with E-state index in [4.69, 9.17) is 9.84 Å². The summed E-state index contributed by atoms with van der Waals surface area (Å²) in [5, 5.41) is 19.8. The van der Waals surface area contributed by atoms with Gasteiger partial charge in [-0.2, -0.15) is 0 Å². The minimum Gasteiger partial charge on any atom is -0.392 e. The van der Waals surface area contributed by atoms with Gasteiger partial charge in [0, 0.05) is 12.5 Å². The molecule has 3 atom stereocenters. The number of rotatable bonds is 8. The highest BCUT2D eigenvalue weighted by Gasteiger charge is 2.37. The largest absolute Gasteiger partial charge is 0.392 e. The molecule has 25 heavy (non-hydrogen) atoms. The van der Waals surface area contributed by atoms with Crippen LogP contribution >= 0.6 is 0 Å². The van der Waals surface area contributed by atoms with Crippen LogP contribution in [0.4, 0.5) is 0 Å². The van der Waals surface area contributed by atoms with Crippen LogP contribution in [0.3, 0.4) is 0 Å². The first-order chi connectivity index (χ1) is 11.7. The highest BCUT2D eigenvalue weighted by molar-refractivity contribution is 5.92. The Morgan fingerprint density at radius 2 is 2.08 bits per heavy atom. The fraction of sp³-hybridized carbons (Fsp3) is 0.762. The Bertz CT molecular complexity index is 492. The molecular formula is C21H36O4. The Hall–Kier alpha value is -0.970. The fourth-order valence-electron chi connectivity index (χ4n) is 3.16. The van der Waals surface area contributed by atoms with Gasteiger partial charge in [0.15, 0.2) is 5.78 Å². The van der Waals surface area contributed by atoms with Crippen molar-refractivity contribution in [2.75, 3.05) is 13.2 Å². The van der Waals surface area contributed by atoms with Gasteiger partial charge in [-0.3, -0.25) is 4.79 Å². The molecular weight excluding hydrogens is 316 g/mol. The molecule has 0 aromatic carbocycles. The number of hydrogen-bond donors (Lipinski definition) is 2. The summed E-state index contributed by atoms with van der Waals surface area (Å²) in [6.45, 7) is 10.6. The molecule has 1 aliphatic rings. The lowest BCUT2D eigenvalue weighted by Gasteiger charge is -2.34. The minimum atomic E-state index is -0.698. The second-order valence-corrected chi connectivity index (χ2v) is 7.87. The molecule has 1 rings (SSSR count). The van der Waals surface area contributed by atoms with Crippen LogP contribution in [0.1, 0.15) is 66.7 Å². The third-order valence-corrected chi connectivity index (χ3v) is 5.40. The number of aliphatic hydroxyl groups excluding tert-OH is 2. The first kappa shape index (κ1) is 22.1. The van der Waals surface area contributed by atoms with Gasteiger partial charge in [0.25, 0.3) is 0 Å². The van der Waals surface area contributed by atoms with E-state index in [1.54, 1.807) is 12.2 Å². The average Bonchev–Trinajstić information content (AvgIpc) is 2.68. The van der Waals surface area contributed by atoms with Crippen LogP contribution in [0.5, 0.6) is 0 Å². The molecule has 0 spiro atoms. The molecule has 1 unspecified atom stereocenters. The van der Waals surface area contributed by atoms with Gasteiger partial charge in [0.1, 0.15) is 6.10 Å². The SMILES string of the molecule is C/C(=C\C(=O)C(C)CCC[C@]1(C)OCCCC(=CCO)[C@H]1O)C(C)C. The molecule has 0 saturated carbocycles. The Kier molecular flexibility index (Phi) is 9.04. The van der Waals surface area contributed by atoms with Gasteiger partial charge in [-0.1, -0.05) is 32.4 Å². The van der Waals surface area contributed by atoms with Crippen molar-refractivity contribution in [3.63, 3.8) is 0 Å². The molecule has 4 nitrogen and oxygen atoms in total. The van der Waals surface area contributed by atoms with Crippen LogP contribution in [0.2, 0.25) is 0 Å². The van der Waals surface area contributed by atoms with Gasteiger partial charge >= 0.3 is 0 Å². The van der Waals surface area contributed by atoms with Gasteiger partial charge in [-0.25, -0.2) is 0 Å². The molecule has 1 heterocycles. The summed E-state index contributed by atoms with van der Waals surface area (Å²) in [6, 6.07) is 0. The molecule has 1 saturated heterocycles. The van der Waals surface area contributed by atoms with E-state index < -0.39 is 11.7 Å². The smallest absolute Gasteiger partial charge is 0.158 e. The Morgan fingerprint density at radius 3 is 2.68 bits per heavy atom. The van der Waals surface area contributed by atoms with Crippen molar-refractivity contribution in [2.24, 2.45) is 11.8 Å². The molecule has 144 valence electrons. The second kappa shape index (κ2) is 10.2. The summed E-state index contributed by atoms with van der Waals surface area (Å²) in [6.07, 6.45) is 6.68. The molecule has 0 radical (unpaired) electrons. The molecule has 1 fully saturated rings. The van der Waals surface area contributed by atoms with Crippen LogP contribution in [0.25, 0.3) is 0 Å². The summed E-state index contributed by atoms with van der Waals surface area (Å²) in [5.41, 5.74) is 1.33. The number of allylic oxidation sites excluding steroid dienone is 2. The van der Waals surface area contributed by atoms with E-state index in [9.17, 15) is 9.90 Å². The molecule has 2 N–H and O–H groups in total. The van der Waals surface area contributed by atoms with E-state index in [-0.39, 0.29) is 18.3 Å². The topological polar surface area (TPSA) is 66.8 Å². The summed E-state index contributed by atoms with van der Waals surface area (Å²) in [5.74, 6) is 0.550. The van der Waals surface area contributed by atoms with Crippen LogP contribution in [0.15, 0.2) is 23.3 Å². The number of ether oxygens (including phenoxy) is 1. The zero-order valence-corrected chi connectivity index (χ0v) is 16.5. The van der Waals surface area contributed by atoms with Crippen molar-refractivity contribution < 1.29 is 19.7 Å². The van der Waals surface area contributed by atoms with E-state index in [0.29, 0.717) is 18.9 Å². The standard InChI is InChI=1S/C21H36O4/c1-15(2)17(4)14-19(23)16(3)8-6-11-21(5)20(24)18(10-12-22)9-7-13-25-21/h10,14-16,20,22,24H,6-9,11-13H2,1-5H3/b17-14+,18-10?/t16?,20-,21+/m1/s1. The van der Waals surface area contributed by atoms with Gasteiger partial charge in [0.05, 0.1) is 12.2 Å². The van der Waals surface area contributed by atoms with Gasteiger partial charge in [0.2, 0.25) is 0 Å². The number of hydrogen-bond acceptors (Lipinski definition) is 4. The second-order valence-electron chi connectivity index (χ2n) is 7.87. The molecule has 1 aliphatic heterocycles. The van der Waals surface area contributed by atoms with E-state index in [1.807, 2.05) is 20.8 Å². The lowest BCUT2D eigenvalue weighted by Crippen LogP contribution is -2.42. The van der Waals surface area contributed by atoms with Gasteiger partial charge in [-0.15, -0.1) is 0 Å². The zero-order valence-electron chi connectivity index (χ0n) is 16.5. The summed E-state index contributed by atoms with van der Waals surface area (Å²) >= 11 is 0. The van der Waals surface area contributed by atoms with Crippen LogP contribution in [-0.2, 0) is 9.53 Å². The molecule has 0 aromatic heterocycles. The van der Waals surface area contributed by atoms with E-state index >= 15 is 0 Å². The normalized spacial score (nSPS) is 28.2. The van der Waals surface area contributed by atoms with Crippen molar-refractivity contribution in [2.45, 2.75) is 78.4 Å². The monoisotopic (exact) mass is 352 g/mol. The Labute approximate surface area is 153 Å². The maximum atomic E-state index is 12.3. The van der Waals surface area contributed by atoms with E-state index in [1.165, 1.54) is 0 Å². The van der Waals surface area contributed by atoms with Crippen LogP contribution < -0.4 is 0 Å². The number of carbonyl (C=O) groups excluding carboxylic acids is 1. The van der Waals surface area contributed by atoms with Crippen molar-refractivity contribution >= 4 is 5.78 Å². The maximum absolute atomic E-state index is 12.3. The lowest BCUT2D eigenvalue weighted by atomic mass is 9.85. The van der Waals surface area contributed by atoms with Gasteiger partial charge < -0.3 is 14.9 Å². The molecule has 4 heteroatoms. The summed E-state index contributed by atoms with van der Waals surface area (Å²) in [7, 11) is 0. The van der Waals surface area contributed by atoms with E-state index in [2.05, 4.69) is 13.8 Å². The van der Waals surface area contributed by atoms with Crippen molar-refractivity contribution in [1.82, 2.24) is 0 Å². The lowest BCUT2D eigenvalue weighted by molar-refractivity contribution is -0.118. The minimum absolute atomic E-state index is 0.0207. The predicted octanol–water partition coefficient (Wildman–Crippen LogP) is 3.81. The molecule has 0 amide bonds. The van der Waals surface area contributed by atoms with Crippen LogP contribution in [0, 0.1) is 11.8 Å². The zero-order chi connectivity index (χ0) is 19.0. The predicted molar refractivity (Wildman–Crippen MR) is 101 cm³/mol. The number of carbonyl (C=O) groups is 1. The molecule has 0 aromatic rings. The van der Waals surface area contributed by atoms with Crippen molar-refractivity contribution in [1.29, 1.82) is 0 Å². The quantitative estimate of drug-likeness (QED) is 0.515. The molecule has 0 bridgehead atoms. The average molecular weight is 353 g/mol. The maximum Gasteiger partial charge on any atom is 0.158 e. The van der Waals surface area contributed by atoms with Crippen LogP contribution in [-0.4, -0.2) is 40.9 Å². The van der Waals surface area contributed by atoms with E-state index in [0.717, 1.165) is 36.8 Å². The van der Waals surface area contributed by atoms with Crippen molar-refractivity contribution in [3.8, 4) is 0 Å². The van der Waals surface area contributed by atoms with Crippen molar-refractivity contribution in [3.05, 3.63) is 23.3 Å². The third-order valence-electron chi connectivity index (χ3n) is 5.40. The number of ketones is 1. The number of aliphatic hydroxyl groups is 2. The Morgan fingerprint density at radius 1 is 1.40 bits per heavy atom. The summed E-state index contributed by atoms with van der Waals surface area (Å²) < 4.78 is 5.95. The highest BCUT2D eigenvalue weighted by Crippen LogP contribution is 2.33.